The Morgan fingerprint density at radius 2 is 1.97 bits per heavy atom. The molecular formula is C23H24Cl2N2O4. The zero-order valence-electron chi connectivity index (χ0n) is 17.4. The van der Waals surface area contributed by atoms with Crippen LogP contribution in [-0.4, -0.2) is 67.2 Å². The molecule has 0 unspecified atom stereocenters. The van der Waals surface area contributed by atoms with Crippen molar-refractivity contribution in [1.82, 2.24) is 4.90 Å². The quantitative estimate of drug-likeness (QED) is 0.499. The maximum atomic E-state index is 13.6. The van der Waals surface area contributed by atoms with Gasteiger partial charge in [0.25, 0.3) is 0 Å². The SMILES string of the molecule is COc1cc2c(cc1OC)[C@@]13CCN4CC5=CCO[C@H]6CC(=O)N2[C@H]1[C@H]6[C@H]5C(Cl)(Cl)[C@H]43. The van der Waals surface area contributed by atoms with E-state index in [1.165, 1.54) is 5.57 Å². The molecule has 1 aliphatic carbocycles. The molecule has 0 radical (unpaired) electrons. The van der Waals surface area contributed by atoms with Crippen molar-refractivity contribution < 1.29 is 19.0 Å². The number of benzene rings is 1. The predicted octanol–water partition coefficient (Wildman–Crippen LogP) is 2.89. The van der Waals surface area contributed by atoms with Crippen LogP contribution in [0.2, 0.25) is 0 Å². The van der Waals surface area contributed by atoms with Gasteiger partial charge >= 0.3 is 0 Å². The van der Waals surface area contributed by atoms with Crippen LogP contribution in [0.3, 0.4) is 0 Å². The van der Waals surface area contributed by atoms with Gasteiger partial charge in [0.05, 0.1) is 51.1 Å². The van der Waals surface area contributed by atoms with Gasteiger partial charge in [0.2, 0.25) is 5.91 Å². The van der Waals surface area contributed by atoms with Crippen LogP contribution in [0.1, 0.15) is 18.4 Å². The number of amides is 1. The Bertz CT molecular complexity index is 1060. The van der Waals surface area contributed by atoms with Gasteiger partial charge in [-0.05, 0) is 24.6 Å². The lowest BCUT2D eigenvalue weighted by Gasteiger charge is -2.63. The normalized spacial score (nSPS) is 40.9. The summed E-state index contributed by atoms with van der Waals surface area (Å²) in [5.41, 5.74) is 2.94. The number of methoxy groups -OCH3 is 2. The molecule has 5 aliphatic heterocycles. The van der Waals surface area contributed by atoms with Crippen molar-refractivity contribution in [2.75, 3.05) is 38.8 Å². The summed E-state index contributed by atoms with van der Waals surface area (Å²) >= 11 is 14.7. The number of anilines is 1. The van der Waals surface area contributed by atoms with Crippen LogP contribution in [0.15, 0.2) is 23.8 Å². The van der Waals surface area contributed by atoms with Gasteiger partial charge < -0.3 is 19.1 Å². The average Bonchev–Trinajstić information content (AvgIpc) is 3.20. The minimum atomic E-state index is -0.950. The molecule has 1 saturated carbocycles. The first-order valence-electron chi connectivity index (χ1n) is 10.9. The van der Waals surface area contributed by atoms with E-state index in [4.69, 9.17) is 37.4 Å². The van der Waals surface area contributed by atoms with Gasteiger partial charge in [-0.15, -0.1) is 0 Å². The van der Waals surface area contributed by atoms with Crippen LogP contribution in [0.25, 0.3) is 0 Å². The number of fused-ring (bicyclic) bond motifs is 2. The van der Waals surface area contributed by atoms with Crippen molar-refractivity contribution in [3.8, 4) is 11.5 Å². The third kappa shape index (κ3) is 1.99. The summed E-state index contributed by atoms with van der Waals surface area (Å²) in [5, 5.41) is 0. The number of carbonyl (C=O) groups excluding carboxylic acids is 1. The van der Waals surface area contributed by atoms with Gasteiger partial charge in [-0.25, -0.2) is 0 Å². The van der Waals surface area contributed by atoms with E-state index >= 15 is 0 Å². The first-order valence-corrected chi connectivity index (χ1v) is 11.7. The van der Waals surface area contributed by atoms with E-state index in [1.54, 1.807) is 14.2 Å². The minimum Gasteiger partial charge on any atom is -0.493 e. The molecule has 3 saturated heterocycles. The summed E-state index contributed by atoms with van der Waals surface area (Å²) in [4.78, 5) is 18.0. The van der Waals surface area contributed by atoms with Crippen LogP contribution in [0.5, 0.6) is 11.5 Å². The van der Waals surface area contributed by atoms with Crippen molar-refractivity contribution in [2.45, 2.75) is 40.8 Å². The molecule has 31 heavy (non-hydrogen) atoms. The fraction of sp³-hybridized carbons (Fsp3) is 0.609. The summed E-state index contributed by atoms with van der Waals surface area (Å²) in [6.45, 7) is 2.28. The molecule has 4 fully saturated rings. The fourth-order valence-corrected chi connectivity index (χ4v) is 9.19. The Morgan fingerprint density at radius 1 is 1.19 bits per heavy atom. The molecule has 164 valence electrons. The first kappa shape index (κ1) is 19.0. The van der Waals surface area contributed by atoms with Gasteiger partial charge in [0.15, 0.2) is 11.5 Å². The monoisotopic (exact) mass is 462 g/mol. The van der Waals surface area contributed by atoms with Crippen LogP contribution in [0.4, 0.5) is 5.69 Å². The lowest BCUT2D eigenvalue weighted by Crippen LogP contribution is -2.75. The van der Waals surface area contributed by atoms with Gasteiger partial charge in [-0.3, -0.25) is 9.69 Å². The number of halogens is 2. The van der Waals surface area contributed by atoms with Crippen molar-refractivity contribution in [2.24, 2.45) is 11.8 Å². The average molecular weight is 463 g/mol. The van der Waals surface area contributed by atoms with Gasteiger partial charge in [-0.1, -0.05) is 34.9 Å². The number of alkyl halides is 2. The minimum absolute atomic E-state index is 0.0190. The summed E-state index contributed by atoms with van der Waals surface area (Å²) in [7, 11) is 3.27. The lowest BCUT2D eigenvalue weighted by molar-refractivity contribution is -0.132. The van der Waals surface area contributed by atoms with Crippen molar-refractivity contribution in [3.05, 3.63) is 29.3 Å². The maximum Gasteiger partial charge on any atom is 0.229 e. The van der Waals surface area contributed by atoms with Gasteiger partial charge in [0.1, 0.15) is 4.33 Å². The molecule has 6 atom stereocenters. The lowest BCUT2D eigenvalue weighted by atomic mass is 9.53. The smallest absolute Gasteiger partial charge is 0.229 e. The Kier molecular flexibility index (Phi) is 3.62. The second-order valence-corrected chi connectivity index (χ2v) is 11.1. The fourth-order valence-electron chi connectivity index (χ4n) is 7.95. The second kappa shape index (κ2) is 5.90. The van der Waals surface area contributed by atoms with E-state index in [0.29, 0.717) is 24.5 Å². The van der Waals surface area contributed by atoms with Gasteiger partial charge in [0, 0.05) is 29.9 Å². The van der Waals surface area contributed by atoms with E-state index in [9.17, 15) is 4.79 Å². The van der Waals surface area contributed by atoms with Crippen LogP contribution >= 0.6 is 23.2 Å². The van der Waals surface area contributed by atoms with E-state index in [2.05, 4.69) is 17.0 Å². The Hall–Kier alpha value is -1.47. The number of nitrogens with zero attached hydrogens (tertiary/aromatic N) is 2. The van der Waals surface area contributed by atoms with Crippen molar-refractivity contribution in [3.63, 3.8) is 0 Å². The molecule has 6 aliphatic rings. The van der Waals surface area contributed by atoms with Crippen LogP contribution < -0.4 is 14.4 Å². The Morgan fingerprint density at radius 3 is 2.74 bits per heavy atom. The predicted molar refractivity (Wildman–Crippen MR) is 116 cm³/mol. The number of carbonyl (C=O) groups is 1. The Balaban J connectivity index is 1.56. The number of hydrogen-bond acceptors (Lipinski definition) is 5. The number of hydrogen-bond donors (Lipinski definition) is 0. The molecule has 6 nitrogen and oxygen atoms in total. The molecule has 1 amide bonds. The summed E-state index contributed by atoms with van der Waals surface area (Å²) in [6, 6.07) is 3.92. The molecule has 1 aromatic rings. The summed E-state index contributed by atoms with van der Waals surface area (Å²) in [5.74, 6) is 1.44. The topological polar surface area (TPSA) is 51.2 Å². The van der Waals surface area contributed by atoms with E-state index in [0.717, 1.165) is 30.8 Å². The highest BCUT2D eigenvalue weighted by molar-refractivity contribution is 6.49. The summed E-state index contributed by atoms with van der Waals surface area (Å²) < 4.78 is 16.6. The maximum absolute atomic E-state index is 13.6. The molecule has 1 spiro atoms. The number of rotatable bonds is 2. The first-order chi connectivity index (χ1) is 14.9. The van der Waals surface area contributed by atoms with Crippen LogP contribution in [0, 0.1) is 11.8 Å². The highest BCUT2D eigenvalue weighted by atomic mass is 35.5. The Labute approximate surface area is 191 Å². The van der Waals surface area contributed by atoms with Crippen LogP contribution in [-0.2, 0) is 14.9 Å². The standard InChI is InChI=1S/C23H24Cl2N2O4/c1-29-14-7-12-13(8-15(14)30-2)27-17(28)9-16-18-19-11(3-6-31-16)10-26-5-4-22(12,20(18)27)21(26)23(19,24)25/h3,7-8,16,18-21H,4-6,9-10H2,1-2H3/t16-,18+,19-,20-,21+,22-/m0/s1. The molecule has 0 N–H and O–H groups in total. The molecule has 1 aromatic carbocycles. The van der Waals surface area contributed by atoms with Gasteiger partial charge in [-0.2, -0.15) is 0 Å². The van der Waals surface area contributed by atoms with E-state index in [1.807, 2.05) is 11.0 Å². The van der Waals surface area contributed by atoms with Crippen molar-refractivity contribution in [1.29, 1.82) is 0 Å². The van der Waals surface area contributed by atoms with E-state index in [-0.39, 0.29) is 41.3 Å². The highest BCUT2D eigenvalue weighted by Gasteiger charge is 2.77. The second-order valence-electron chi connectivity index (χ2n) is 9.68. The molecular weight excluding hydrogens is 439 g/mol. The largest absolute Gasteiger partial charge is 0.493 e. The zero-order valence-corrected chi connectivity index (χ0v) is 18.9. The summed E-state index contributed by atoms with van der Waals surface area (Å²) in [6.07, 6.45) is 3.24. The molecule has 2 bridgehead atoms. The zero-order chi connectivity index (χ0) is 21.3. The highest BCUT2D eigenvalue weighted by Crippen LogP contribution is 2.71. The molecule has 0 aromatic heterocycles. The van der Waals surface area contributed by atoms with Crippen molar-refractivity contribution >= 4 is 34.8 Å². The number of ether oxygens (including phenoxy) is 3. The molecule has 8 heteroatoms. The molecule has 5 heterocycles. The third-order valence-corrected chi connectivity index (χ3v) is 9.66. The van der Waals surface area contributed by atoms with E-state index < -0.39 is 4.33 Å². The number of piperidine rings is 2. The molecule has 7 rings (SSSR count). The third-order valence-electron chi connectivity index (χ3n) is 8.78.